The van der Waals surface area contributed by atoms with Crippen molar-refractivity contribution in [3.63, 3.8) is 0 Å². The van der Waals surface area contributed by atoms with Crippen molar-refractivity contribution in [2.75, 3.05) is 16.0 Å². The van der Waals surface area contributed by atoms with Crippen LogP contribution in [0.1, 0.15) is 0 Å². The molecule has 0 atom stereocenters. The third-order valence-corrected chi connectivity index (χ3v) is 9.01. The molecule has 2 aromatic heterocycles. The minimum atomic E-state index is -2.19. The summed E-state index contributed by atoms with van der Waals surface area (Å²) >= 11 is -2.19. The Hall–Kier alpha value is -1.05. The molecule has 0 saturated heterocycles. The molecule has 0 amide bonds. The number of nitrogens with zero attached hydrogens (tertiary/aromatic N) is 5. The summed E-state index contributed by atoms with van der Waals surface area (Å²) in [5.41, 5.74) is 1.45. The molecule has 2 aromatic rings. The van der Waals surface area contributed by atoms with Crippen LogP contribution in [0.5, 0.6) is 0 Å². The second-order valence-electron chi connectivity index (χ2n) is 4.75. The van der Waals surface area contributed by atoms with E-state index in [1.54, 1.807) is 6.33 Å². The van der Waals surface area contributed by atoms with Crippen LogP contribution in [0.25, 0.3) is 11.2 Å². The van der Waals surface area contributed by atoms with Gasteiger partial charge in [-0.3, -0.25) is 0 Å². The fourth-order valence-corrected chi connectivity index (χ4v) is 3.68. The zero-order valence-electron chi connectivity index (χ0n) is 9.97. The molecule has 0 fully saturated rings. The standard InChI is InChI=1S/C6H7N6.3CH3.Sn/c1-8-5-4-6(10-2-9-5)12(7)3-11-4;;;;/h2-3H,7H2,1H3;3*1H3;/q-1;;;;+1. The van der Waals surface area contributed by atoms with Crippen molar-refractivity contribution in [1.29, 1.82) is 0 Å². The number of hydrogen-bond acceptors (Lipinski definition) is 5. The first-order valence-electron chi connectivity index (χ1n) is 5.08. The van der Waals surface area contributed by atoms with E-state index in [0.29, 0.717) is 5.65 Å². The number of imidazole rings is 1. The predicted octanol–water partition coefficient (Wildman–Crippen LogP) is 0.811. The number of rotatable bonds is 2. The first-order chi connectivity index (χ1) is 7.41. The fraction of sp³-hybridized carbons (Fsp3) is 0.444. The molecule has 7 heteroatoms. The summed E-state index contributed by atoms with van der Waals surface area (Å²) in [6, 6.07) is 0. The fourth-order valence-electron chi connectivity index (χ4n) is 1.40. The molecule has 0 aliphatic carbocycles. The normalized spacial score (nSPS) is 12.0. The predicted molar refractivity (Wildman–Crippen MR) is 67.2 cm³/mol. The van der Waals surface area contributed by atoms with Gasteiger partial charge in [0, 0.05) is 0 Å². The van der Waals surface area contributed by atoms with Gasteiger partial charge in [0.05, 0.1) is 0 Å². The Labute approximate surface area is 98.7 Å². The summed E-state index contributed by atoms with van der Waals surface area (Å²) in [4.78, 5) is 19.7. The molecule has 16 heavy (non-hydrogen) atoms. The third-order valence-electron chi connectivity index (χ3n) is 2.66. The Kier molecular flexibility index (Phi) is 2.69. The minimum absolute atomic E-state index is 0.674. The van der Waals surface area contributed by atoms with Gasteiger partial charge in [0.2, 0.25) is 0 Å². The van der Waals surface area contributed by atoms with Gasteiger partial charge in [0.1, 0.15) is 0 Å². The molecule has 0 spiro atoms. The van der Waals surface area contributed by atoms with Gasteiger partial charge in [-0.2, -0.15) is 0 Å². The molecule has 2 rings (SSSR count). The number of nitrogens with two attached hydrogens (primary N) is 1. The van der Waals surface area contributed by atoms with Crippen LogP contribution in [0.3, 0.4) is 0 Å². The molecular formula is C9H16N6Sn. The first kappa shape index (κ1) is 11.4. The van der Waals surface area contributed by atoms with Crippen molar-refractivity contribution in [2.45, 2.75) is 14.8 Å². The van der Waals surface area contributed by atoms with Crippen molar-refractivity contribution >= 4 is 35.6 Å². The average molecular weight is 327 g/mol. The third kappa shape index (κ3) is 1.81. The van der Waals surface area contributed by atoms with Crippen molar-refractivity contribution < 1.29 is 0 Å². The Morgan fingerprint density at radius 1 is 1.25 bits per heavy atom. The van der Waals surface area contributed by atoms with Gasteiger partial charge in [-0.05, 0) is 0 Å². The summed E-state index contributed by atoms with van der Waals surface area (Å²) in [6.07, 6.45) is 3.10. The van der Waals surface area contributed by atoms with Crippen LogP contribution >= 0.6 is 0 Å². The summed E-state index contributed by atoms with van der Waals surface area (Å²) in [6.45, 7) is 0. The Morgan fingerprint density at radius 3 is 2.56 bits per heavy atom. The van der Waals surface area contributed by atoms with E-state index in [1.807, 2.05) is 0 Å². The summed E-state index contributed by atoms with van der Waals surface area (Å²) in [5, 5.41) is 0. The molecular weight excluding hydrogens is 311 g/mol. The molecule has 6 nitrogen and oxygen atoms in total. The monoisotopic (exact) mass is 328 g/mol. The van der Waals surface area contributed by atoms with Gasteiger partial charge >= 0.3 is 98.7 Å². The Bertz CT molecular complexity index is 514. The maximum atomic E-state index is 5.72. The van der Waals surface area contributed by atoms with E-state index in [4.69, 9.17) is 5.84 Å². The Morgan fingerprint density at radius 2 is 1.94 bits per heavy atom. The van der Waals surface area contributed by atoms with Crippen molar-refractivity contribution in [1.82, 2.24) is 19.6 Å². The first-order valence-corrected chi connectivity index (χ1v) is 14.9. The number of hydrogen-bond donors (Lipinski definition) is 1. The van der Waals surface area contributed by atoms with Crippen LogP contribution in [0, 0.1) is 0 Å². The molecule has 0 aliphatic heterocycles. The van der Waals surface area contributed by atoms with Gasteiger partial charge < -0.3 is 0 Å². The molecule has 0 unspecified atom stereocenters. The molecule has 2 N–H and O–H groups in total. The van der Waals surface area contributed by atoms with Crippen LogP contribution in [0.4, 0.5) is 5.82 Å². The van der Waals surface area contributed by atoms with E-state index in [2.05, 4.69) is 39.9 Å². The van der Waals surface area contributed by atoms with E-state index in [-0.39, 0.29) is 0 Å². The van der Waals surface area contributed by atoms with Crippen molar-refractivity contribution in [3.05, 3.63) is 12.7 Å². The van der Waals surface area contributed by atoms with Gasteiger partial charge in [0.15, 0.2) is 0 Å². The second kappa shape index (κ2) is 3.76. The van der Waals surface area contributed by atoms with Gasteiger partial charge in [-0.1, -0.05) is 0 Å². The van der Waals surface area contributed by atoms with E-state index >= 15 is 0 Å². The summed E-state index contributed by atoms with van der Waals surface area (Å²) in [5.74, 6) is 6.60. The molecule has 0 bridgehead atoms. The van der Waals surface area contributed by atoms with E-state index in [0.717, 1.165) is 11.3 Å². The van der Waals surface area contributed by atoms with Gasteiger partial charge in [-0.15, -0.1) is 0 Å². The topological polar surface area (TPSA) is 72.9 Å². The molecule has 0 saturated carbocycles. The van der Waals surface area contributed by atoms with E-state index < -0.39 is 18.7 Å². The van der Waals surface area contributed by atoms with Crippen LogP contribution < -0.4 is 8.96 Å². The summed E-state index contributed by atoms with van der Waals surface area (Å²) in [7, 11) is 2.08. The summed E-state index contributed by atoms with van der Waals surface area (Å²) < 4.78 is 3.69. The zero-order chi connectivity index (χ0) is 11.9. The van der Waals surface area contributed by atoms with Gasteiger partial charge in [0.25, 0.3) is 0 Å². The molecule has 0 aliphatic rings. The van der Waals surface area contributed by atoms with Crippen molar-refractivity contribution in [3.8, 4) is 0 Å². The van der Waals surface area contributed by atoms with Gasteiger partial charge in [-0.25, -0.2) is 0 Å². The van der Waals surface area contributed by atoms with Crippen LogP contribution in [-0.2, 0) is 0 Å². The number of anilines is 1. The Balaban J connectivity index is 2.61. The van der Waals surface area contributed by atoms with Crippen LogP contribution in [0.2, 0.25) is 14.8 Å². The van der Waals surface area contributed by atoms with Crippen LogP contribution in [-0.4, -0.2) is 45.3 Å². The average Bonchev–Trinajstić information content (AvgIpc) is 2.58. The zero-order valence-corrected chi connectivity index (χ0v) is 12.8. The molecule has 2 heterocycles. The van der Waals surface area contributed by atoms with E-state index in [1.165, 1.54) is 11.0 Å². The SMILES string of the molecule is C[N](c1ncnc2c1ncn2N)[Sn]([CH3])([CH3])[CH3]. The van der Waals surface area contributed by atoms with Crippen molar-refractivity contribution in [2.24, 2.45) is 0 Å². The molecule has 0 aromatic carbocycles. The molecule has 86 valence electrons. The molecule has 0 radical (unpaired) electrons. The maximum absolute atomic E-state index is 5.72. The quantitative estimate of drug-likeness (QED) is 0.653. The number of fused-ring (bicyclic) bond motifs is 1. The second-order valence-corrected chi connectivity index (χ2v) is 19.1. The number of aromatic nitrogens is 4. The number of nitrogen functional groups attached to an aromatic ring is 1. The van der Waals surface area contributed by atoms with Crippen LogP contribution in [0.15, 0.2) is 12.7 Å². The van der Waals surface area contributed by atoms with E-state index in [9.17, 15) is 0 Å².